The van der Waals surface area contributed by atoms with E-state index in [1.54, 1.807) is 0 Å². The maximum Gasteiger partial charge on any atom is -0.0220 e. The van der Waals surface area contributed by atoms with Crippen LogP contribution in [0.4, 0.5) is 0 Å². The molecule has 0 aromatic heterocycles. The van der Waals surface area contributed by atoms with Crippen LogP contribution in [0.2, 0.25) is 0 Å². The third-order valence-electron chi connectivity index (χ3n) is 4.75. The Morgan fingerprint density at radius 3 is 2.00 bits per heavy atom. The maximum atomic E-state index is 2.47. The first-order valence-corrected chi connectivity index (χ1v) is 5.08. The summed E-state index contributed by atoms with van der Waals surface area (Å²) in [5, 5.41) is 0. The lowest BCUT2D eigenvalue weighted by Gasteiger charge is -2.57. The Hall–Kier alpha value is 0. The highest BCUT2D eigenvalue weighted by atomic mass is 14.6. The molecule has 0 nitrogen and oxygen atoms in total. The molecular weight excluding hydrogens is 132 g/mol. The van der Waals surface area contributed by atoms with Crippen LogP contribution in [0.25, 0.3) is 0 Å². The number of hydrogen-bond donors (Lipinski definition) is 0. The maximum absolute atomic E-state index is 2.47. The molecule has 0 aromatic carbocycles. The van der Waals surface area contributed by atoms with Crippen LogP contribution in [0.15, 0.2) is 0 Å². The zero-order chi connectivity index (χ0) is 8.11. The zero-order valence-electron chi connectivity index (χ0n) is 8.11. The van der Waals surface area contributed by atoms with E-state index in [9.17, 15) is 0 Å². The zero-order valence-corrected chi connectivity index (χ0v) is 8.11. The Bertz CT molecular complexity index is 169. The highest BCUT2D eigenvalue weighted by Gasteiger charge is 2.56. The second kappa shape index (κ2) is 2.02. The van der Waals surface area contributed by atoms with E-state index in [0.717, 1.165) is 11.3 Å². The Morgan fingerprint density at radius 2 is 1.82 bits per heavy atom. The van der Waals surface area contributed by atoms with E-state index < -0.39 is 0 Å². The molecule has 0 aliphatic heterocycles. The summed E-state index contributed by atoms with van der Waals surface area (Å²) in [6, 6.07) is 0. The first-order chi connectivity index (χ1) is 5.08. The number of hydrogen-bond acceptors (Lipinski definition) is 0. The van der Waals surface area contributed by atoms with Crippen molar-refractivity contribution in [1.29, 1.82) is 0 Å². The van der Waals surface area contributed by atoms with Gasteiger partial charge < -0.3 is 0 Å². The minimum Gasteiger partial charge on any atom is -0.0620 e. The van der Waals surface area contributed by atoms with Gasteiger partial charge in [0.1, 0.15) is 0 Å². The van der Waals surface area contributed by atoms with E-state index in [1.165, 1.54) is 32.1 Å². The Balaban J connectivity index is 2.22. The van der Waals surface area contributed by atoms with Gasteiger partial charge in [0.25, 0.3) is 0 Å². The smallest absolute Gasteiger partial charge is 0.0220 e. The van der Waals surface area contributed by atoms with Crippen molar-refractivity contribution >= 4 is 0 Å². The molecule has 0 radical (unpaired) electrons. The second-order valence-electron chi connectivity index (χ2n) is 5.33. The normalized spacial score (nSPS) is 47.7. The topological polar surface area (TPSA) is 0 Å². The first kappa shape index (κ1) is 7.64. The van der Waals surface area contributed by atoms with Crippen molar-refractivity contribution in [1.82, 2.24) is 0 Å². The lowest BCUT2D eigenvalue weighted by molar-refractivity contribution is -0.0780. The van der Waals surface area contributed by atoms with E-state index in [-0.39, 0.29) is 0 Å². The molecule has 64 valence electrons. The van der Waals surface area contributed by atoms with E-state index in [4.69, 9.17) is 0 Å². The van der Waals surface area contributed by atoms with E-state index in [1.807, 2.05) is 0 Å². The monoisotopic (exact) mass is 152 g/mol. The number of rotatable bonds is 0. The summed E-state index contributed by atoms with van der Waals surface area (Å²) in [6.07, 6.45) is 7.48. The van der Waals surface area contributed by atoms with Gasteiger partial charge in [0.2, 0.25) is 0 Å². The lowest BCUT2D eigenvalue weighted by Crippen LogP contribution is -2.48. The molecule has 0 heterocycles. The van der Waals surface area contributed by atoms with Crippen LogP contribution < -0.4 is 0 Å². The molecule has 0 aromatic rings. The van der Waals surface area contributed by atoms with E-state index in [2.05, 4.69) is 20.8 Å². The van der Waals surface area contributed by atoms with Crippen LogP contribution >= 0.6 is 0 Å². The van der Waals surface area contributed by atoms with Gasteiger partial charge in [-0.25, -0.2) is 0 Å². The molecule has 0 saturated heterocycles. The summed E-state index contributed by atoms with van der Waals surface area (Å²) in [5.41, 5.74) is 1.44. The van der Waals surface area contributed by atoms with Gasteiger partial charge in [0.05, 0.1) is 0 Å². The van der Waals surface area contributed by atoms with Gasteiger partial charge in [-0.15, -0.1) is 0 Å². The summed E-state index contributed by atoms with van der Waals surface area (Å²) >= 11 is 0. The Kier molecular flexibility index (Phi) is 1.41. The van der Waals surface area contributed by atoms with Crippen molar-refractivity contribution in [2.45, 2.75) is 52.9 Å². The third-order valence-corrected chi connectivity index (χ3v) is 4.75. The van der Waals surface area contributed by atoms with Crippen molar-refractivity contribution in [3.63, 3.8) is 0 Å². The summed E-state index contributed by atoms with van der Waals surface area (Å²) < 4.78 is 0. The molecule has 0 N–H and O–H groups in total. The molecule has 11 heavy (non-hydrogen) atoms. The summed E-state index contributed by atoms with van der Waals surface area (Å²) in [4.78, 5) is 0. The third kappa shape index (κ3) is 0.761. The quantitative estimate of drug-likeness (QED) is 0.497. The molecule has 2 rings (SSSR count). The van der Waals surface area contributed by atoms with Gasteiger partial charge >= 0.3 is 0 Å². The second-order valence-corrected chi connectivity index (χ2v) is 5.33. The largest absolute Gasteiger partial charge is 0.0620 e. The van der Waals surface area contributed by atoms with Crippen molar-refractivity contribution in [2.75, 3.05) is 0 Å². The van der Waals surface area contributed by atoms with Crippen LogP contribution in [-0.4, -0.2) is 0 Å². The standard InChI is InChI=1S/C11H20/c1-9-5-4-6-11(9)8-7-10(11,2)3/h9H,4-8H2,1-3H3. The van der Waals surface area contributed by atoms with Gasteiger partial charge in [0, 0.05) is 0 Å². The average Bonchev–Trinajstić information content (AvgIpc) is 2.31. The summed E-state index contributed by atoms with van der Waals surface area (Å²) in [7, 11) is 0. The van der Waals surface area contributed by atoms with Gasteiger partial charge in [-0.2, -0.15) is 0 Å². The molecule has 2 aliphatic carbocycles. The van der Waals surface area contributed by atoms with Crippen LogP contribution in [0, 0.1) is 16.7 Å². The fourth-order valence-corrected chi connectivity index (χ4v) is 3.57. The van der Waals surface area contributed by atoms with Crippen molar-refractivity contribution in [3.05, 3.63) is 0 Å². The van der Waals surface area contributed by atoms with Gasteiger partial charge in [-0.05, 0) is 36.0 Å². The van der Waals surface area contributed by atoms with E-state index in [0.29, 0.717) is 5.41 Å². The van der Waals surface area contributed by atoms with Gasteiger partial charge in [-0.3, -0.25) is 0 Å². The summed E-state index contributed by atoms with van der Waals surface area (Å²) in [5.74, 6) is 1.01. The Morgan fingerprint density at radius 1 is 1.09 bits per heavy atom. The predicted molar refractivity (Wildman–Crippen MR) is 48.5 cm³/mol. The molecular formula is C11H20. The molecule has 0 bridgehead atoms. The molecule has 2 unspecified atom stereocenters. The molecule has 1 spiro atoms. The van der Waals surface area contributed by atoms with Gasteiger partial charge in [0.15, 0.2) is 0 Å². The summed E-state index contributed by atoms with van der Waals surface area (Å²) in [6.45, 7) is 7.41. The van der Waals surface area contributed by atoms with Crippen LogP contribution in [-0.2, 0) is 0 Å². The van der Waals surface area contributed by atoms with Crippen molar-refractivity contribution in [3.8, 4) is 0 Å². The first-order valence-electron chi connectivity index (χ1n) is 5.08. The van der Waals surface area contributed by atoms with E-state index >= 15 is 0 Å². The minimum absolute atomic E-state index is 0.670. The fourth-order valence-electron chi connectivity index (χ4n) is 3.57. The van der Waals surface area contributed by atoms with Gasteiger partial charge in [-0.1, -0.05) is 33.6 Å². The molecule has 0 heteroatoms. The SMILES string of the molecule is CC1CCCC12CCC2(C)C. The van der Waals surface area contributed by atoms with Crippen LogP contribution in [0.1, 0.15) is 52.9 Å². The minimum atomic E-state index is 0.670. The molecule has 0 amide bonds. The highest BCUT2D eigenvalue weighted by Crippen LogP contribution is 2.66. The highest BCUT2D eigenvalue weighted by molar-refractivity contribution is 5.06. The molecule has 2 saturated carbocycles. The molecule has 2 aliphatic rings. The van der Waals surface area contributed by atoms with Crippen molar-refractivity contribution in [2.24, 2.45) is 16.7 Å². The van der Waals surface area contributed by atoms with Crippen LogP contribution in [0.5, 0.6) is 0 Å². The average molecular weight is 152 g/mol. The fraction of sp³-hybridized carbons (Fsp3) is 1.00. The van der Waals surface area contributed by atoms with Crippen LogP contribution in [0.3, 0.4) is 0 Å². The van der Waals surface area contributed by atoms with Crippen molar-refractivity contribution < 1.29 is 0 Å². The lowest BCUT2D eigenvalue weighted by atomic mass is 9.47. The Labute approximate surface area is 70.4 Å². The molecule has 2 atom stereocenters. The molecule has 2 fully saturated rings. The predicted octanol–water partition coefficient (Wildman–Crippen LogP) is 3.61.